The van der Waals surface area contributed by atoms with Crippen molar-refractivity contribution in [3.05, 3.63) is 48.5 Å². The monoisotopic (exact) mass is 240 g/mol. The Morgan fingerprint density at radius 1 is 1.17 bits per heavy atom. The topological polar surface area (TPSA) is 77.0 Å². The van der Waals surface area contributed by atoms with Gasteiger partial charge in [-0.05, 0) is 24.3 Å². The quantitative estimate of drug-likeness (QED) is 0.687. The van der Waals surface area contributed by atoms with Crippen LogP contribution >= 0.6 is 0 Å². The first-order chi connectivity index (χ1) is 8.84. The molecule has 0 aliphatic rings. The van der Waals surface area contributed by atoms with Gasteiger partial charge in [-0.25, -0.2) is 0 Å². The van der Waals surface area contributed by atoms with Crippen LogP contribution in [0.15, 0.2) is 47.2 Å². The van der Waals surface area contributed by atoms with E-state index in [0.717, 1.165) is 22.4 Å². The summed E-state index contributed by atoms with van der Waals surface area (Å²) in [5.41, 5.74) is 8.35. The summed E-state index contributed by atoms with van der Waals surface area (Å²) in [4.78, 5) is 4.29. The molecule has 2 heterocycles. The fraction of sp³-hybridized carbons (Fsp3) is 0.0769. The van der Waals surface area contributed by atoms with E-state index in [2.05, 4.69) is 15.5 Å². The van der Waals surface area contributed by atoms with E-state index in [1.54, 1.807) is 12.4 Å². The van der Waals surface area contributed by atoms with Gasteiger partial charge in [0.15, 0.2) is 5.76 Å². The molecular formula is C13H12N4O. The first-order valence-corrected chi connectivity index (χ1v) is 5.61. The number of hydrogen-bond donors (Lipinski definition) is 2. The molecule has 0 aliphatic heterocycles. The van der Waals surface area contributed by atoms with Gasteiger partial charge in [0.25, 0.3) is 0 Å². The molecule has 0 atom stereocenters. The third-order valence-corrected chi connectivity index (χ3v) is 2.75. The van der Waals surface area contributed by atoms with Crippen molar-refractivity contribution in [2.24, 2.45) is 0 Å². The van der Waals surface area contributed by atoms with Gasteiger partial charge in [0.2, 0.25) is 0 Å². The SMILES string of the molecule is Nc1ccc(NCc2ccno2)c2cccnc12. The molecular weight excluding hydrogens is 228 g/mol. The molecule has 5 nitrogen and oxygen atoms in total. The van der Waals surface area contributed by atoms with Crippen molar-refractivity contribution in [3.8, 4) is 0 Å². The Hall–Kier alpha value is -2.56. The second-order valence-corrected chi connectivity index (χ2v) is 3.93. The number of nitrogens with two attached hydrogens (primary N) is 1. The Bertz CT molecular complexity index is 664. The smallest absolute Gasteiger partial charge is 0.155 e. The van der Waals surface area contributed by atoms with Gasteiger partial charge in [-0.3, -0.25) is 4.98 Å². The summed E-state index contributed by atoms with van der Waals surface area (Å²) in [6, 6.07) is 9.49. The molecule has 0 saturated carbocycles. The molecule has 0 amide bonds. The Labute approximate surface area is 104 Å². The largest absolute Gasteiger partial charge is 0.397 e. The van der Waals surface area contributed by atoms with Gasteiger partial charge in [0, 0.05) is 23.3 Å². The van der Waals surface area contributed by atoms with Crippen molar-refractivity contribution in [2.45, 2.75) is 6.54 Å². The predicted octanol–water partition coefficient (Wildman–Crippen LogP) is 2.42. The van der Waals surface area contributed by atoms with E-state index in [1.165, 1.54) is 0 Å². The van der Waals surface area contributed by atoms with Crippen molar-refractivity contribution in [1.29, 1.82) is 0 Å². The molecule has 3 rings (SSSR count). The van der Waals surface area contributed by atoms with Crippen LogP contribution in [0.5, 0.6) is 0 Å². The zero-order valence-corrected chi connectivity index (χ0v) is 9.63. The van der Waals surface area contributed by atoms with Crippen molar-refractivity contribution >= 4 is 22.3 Å². The summed E-state index contributed by atoms with van der Waals surface area (Å²) in [6.45, 7) is 0.577. The lowest BCUT2D eigenvalue weighted by atomic mass is 10.1. The van der Waals surface area contributed by atoms with Gasteiger partial charge in [-0.15, -0.1) is 0 Å². The second kappa shape index (κ2) is 4.37. The van der Waals surface area contributed by atoms with Gasteiger partial charge >= 0.3 is 0 Å². The van der Waals surface area contributed by atoms with Crippen LogP contribution in [0.2, 0.25) is 0 Å². The maximum atomic E-state index is 5.90. The van der Waals surface area contributed by atoms with Crippen LogP contribution in [-0.2, 0) is 6.54 Å². The maximum Gasteiger partial charge on any atom is 0.155 e. The minimum absolute atomic E-state index is 0.577. The zero-order valence-electron chi connectivity index (χ0n) is 9.63. The van der Waals surface area contributed by atoms with E-state index in [-0.39, 0.29) is 0 Å². The lowest BCUT2D eigenvalue weighted by molar-refractivity contribution is 0.388. The number of nitrogens with one attached hydrogen (secondary N) is 1. The van der Waals surface area contributed by atoms with Gasteiger partial charge in [-0.1, -0.05) is 5.16 Å². The van der Waals surface area contributed by atoms with E-state index >= 15 is 0 Å². The first-order valence-electron chi connectivity index (χ1n) is 5.61. The fourth-order valence-electron chi connectivity index (χ4n) is 1.86. The third kappa shape index (κ3) is 1.86. The van der Waals surface area contributed by atoms with E-state index in [0.29, 0.717) is 12.2 Å². The van der Waals surface area contributed by atoms with Crippen LogP contribution < -0.4 is 11.1 Å². The standard InChI is InChI=1S/C13H12N4O/c14-11-3-4-12(10-2-1-6-15-13(10)11)16-8-9-5-7-17-18-9/h1-7,16H,8,14H2. The van der Waals surface area contributed by atoms with E-state index in [1.807, 2.05) is 30.3 Å². The molecule has 0 bridgehead atoms. The molecule has 5 heteroatoms. The minimum Gasteiger partial charge on any atom is -0.397 e. The van der Waals surface area contributed by atoms with Gasteiger partial charge in [-0.2, -0.15) is 0 Å². The maximum absolute atomic E-state index is 5.90. The molecule has 3 N–H and O–H groups in total. The fourth-order valence-corrected chi connectivity index (χ4v) is 1.86. The highest BCUT2D eigenvalue weighted by Gasteiger charge is 2.05. The van der Waals surface area contributed by atoms with Crippen LogP contribution in [0, 0.1) is 0 Å². The molecule has 0 spiro atoms. The summed E-state index contributed by atoms with van der Waals surface area (Å²) >= 11 is 0. The molecule has 0 fully saturated rings. The second-order valence-electron chi connectivity index (χ2n) is 3.93. The van der Waals surface area contributed by atoms with Crippen molar-refractivity contribution in [3.63, 3.8) is 0 Å². The summed E-state index contributed by atoms with van der Waals surface area (Å²) in [6.07, 6.45) is 3.36. The highest BCUT2D eigenvalue weighted by molar-refractivity contribution is 5.98. The Kier molecular flexibility index (Phi) is 2.57. The molecule has 0 unspecified atom stereocenters. The molecule has 3 aromatic rings. The third-order valence-electron chi connectivity index (χ3n) is 2.75. The average molecular weight is 240 g/mol. The molecule has 0 aliphatic carbocycles. The van der Waals surface area contributed by atoms with Crippen molar-refractivity contribution in [1.82, 2.24) is 10.1 Å². The van der Waals surface area contributed by atoms with Gasteiger partial charge in [0.1, 0.15) is 0 Å². The number of pyridine rings is 1. The minimum atomic E-state index is 0.577. The summed E-state index contributed by atoms with van der Waals surface area (Å²) in [7, 11) is 0. The lowest BCUT2D eigenvalue weighted by Crippen LogP contribution is -2.00. The van der Waals surface area contributed by atoms with E-state index in [4.69, 9.17) is 10.3 Å². The number of fused-ring (bicyclic) bond motifs is 1. The predicted molar refractivity (Wildman–Crippen MR) is 70.0 cm³/mol. The highest BCUT2D eigenvalue weighted by atomic mass is 16.5. The van der Waals surface area contributed by atoms with E-state index in [9.17, 15) is 0 Å². The number of rotatable bonds is 3. The summed E-state index contributed by atoms with van der Waals surface area (Å²) < 4.78 is 5.04. The summed E-state index contributed by atoms with van der Waals surface area (Å²) in [5.74, 6) is 0.781. The Balaban J connectivity index is 1.94. The number of hydrogen-bond acceptors (Lipinski definition) is 5. The van der Waals surface area contributed by atoms with Gasteiger partial charge < -0.3 is 15.6 Å². The number of anilines is 2. The van der Waals surface area contributed by atoms with Crippen LogP contribution in [0.25, 0.3) is 10.9 Å². The van der Waals surface area contributed by atoms with Crippen LogP contribution in [0.3, 0.4) is 0 Å². The lowest BCUT2D eigenvalue weighted by Gasteiger charge is -2.09. The van der Waals surface area contributed by atoms with Crippen LogP contribution in [0.1, 0.15) is 5.76 Å². The zero-order chi connectivity index (χ0) is 12.4. The number of nitrogens with zero attached hydrogens (tertiary/aromatic N) is 2. The molecule has 1 aromatic carbocycles. The normalized spacial score (nSPS) is 10.7. The van der Waals surface area contributed by atoms with Crippen molar-refractivity contribution < 1.29 is 4.52 Å². The van der Waals surface area contributed by atoms with Crippen LogP contribution in [-0.4, -0.2) is 10.1 Å². The van der Waals surface area contributed by atoms with Crippen molar-refractivity contribution in [2.75, 3.05) is 11.1 Å². The molecule has 18 heavy (non-hydrogen) atoms. The molecule has 0 saturated heterocycles. The molecule has 90 valence electrons. The average Bonchev–Trinajstić information content (AvgIpc) is 2.92. The Morgan fingerprint density at radius 2 is 2.11 bits per heavy atom. The molecule has 2 aromatic heterocycles. The van der Waals surface area contributed by atoms with Gasteiger partial charge in [0.05, 0.1) is 23.9 Å². The first kappa shape index (κ1) is 10.6. The van der Waals surface area contributed by atoms with Crippen LogP contribution in [0.4, 0.5) is 11.4 Å². The highest BCUT2D eigenvalue weighted by Crippen LogP contribution is 2.26. The summed E-state index contributed by atoms with van der Waals surface area (Å²) in [5, 5.41) is 7.95. The molecule has 0 radical (unpaired) electrons. The van der Waals surface area contributed by atoms with E-state index < -0.39 is 0 Å². The number of benzene rings is 1. The Morgan fingerprint density at radius 3 is 2.94 bits per heavy atom. The number of aromatic nitrogens is 2. The number of nitrogen functional groups attached to an aromatic ring is 1.